The number of hydrogen-bond acceptors (Lipinski definition) is 4. The van der Waals surface area contributed by atoms with E-state index in [-0.39, 0.29) is 0 Å². The van der Waals surface area contributed by atoms with Gasteiger partial charge in [0.1, 0.15) is 5.82 Å². The molecule has 0 aliphatic carbocycles. The lowest BCUT2D eigenvalue weighted by molar-refractivity contribution is 0.112. The second kappa shape index (κ2) is 4.89. The minimum Gasteiger partial charge on any atom is -0.309 e. The molecule has 0 radical (unpaired) electrons. The van der Waals surface area contributed by atoms with E-state index in [1.54, 1.807) is 18.2 Å². The van der Waals surface area contributed by atoms with Crippen molar-refractivity contribution in [3.05, 3.63) is 34.6 Å². The second-order valence-electron chi connectivity index (χ2n) is 3.47. The molecule has 0 saturated carbocycles. The summed E-state index contributed by atoms with van der Waals surface area (Å²) in [6.07, 6.45) is 0.789. The Labute approximate surface area is 108 Å². The summed E-state index contributed by atoms with van der Waals surface area (Å²) in [5, 5.41) is 9.24. The molecule has 0 bridgehead atoms. The van der Waals surface area contributed by atoms with E-state index in [9.17, 15) is 4.79 Å². The predicted molar refractivity (Wildman–Crippen MR) is 66.7 cm³/mol. The number of hydrogen-bond donors (Lipinski definition) is 0. The molecular weight excluding hydrogens is 258 g/mol. The lowest BCUT2D eigenvalue weighted by Crippen LogP contribution is -1.94. The van der Waals surface area contributed by atoms with Crippen LogP contribution in [-0.2, 0) is 7.05 Å². The van der Waals surface area contributed by atoms with Crippen LogP contribution in [0.25, 0.3) is 0 Å². The summed E-state index contributed by atoms with van der Waals surface area (Å²) in [4.78, 5) is 11.7. The molecule has 17 heavy (non-hydrogen) atoms. The van der Waals surface area contributed by atoms with Gasteiger partial charge in [-0.05, 0) is 24.8 Å². The number of nitrogens with zero attached hydrogens (tertiary/aromatic N) is 3. The fraction of sp³-hybridized carbons (Fsp3) is 0.182. The third-order valence-corrected chi connectivity index (χ3v) is 4.00. The maximum atomic E-state index is 10.9. The largest absolute Gasteiger partial charge is 0.309 e. The van der Waals surface area contributed by atoms with Gasteiger partial charge in [-0.15, -0.1) is 10.2 Å². The molecule has 88 valence electrons. The zero-order valence-electron chi connectivity index (χ0n) is 9.35. The van der Waals surface area contributed by atoms with Crippen molar-refractivity contribution in [3.8, 4) is 0 Å². The Morgan fingerprint density at radius 1 is 1.41 bits per heavy atom. The molecule has 0 N–H and O–H groups in total. The van der Waals surface area contributed by atoms with Gasteiger partial charge in [-0.25, -0.2) is 0 Å². The first kappa shape index (κ1) is 12.1. The Morgan fingerprint density at radius 3 is 2.76 bits per heavy atom. The van der Waals surface area contributed by atoms with Crippen molar-refractivity contribution in [2.24, 2.45) is 7.05 Å². The van der Waals surface area contributed by atoms with E-state index in [4.69, 9.17) is 11.6 Å². The van der Waals surface area contributed by atoms with Gasteiger partial charge in [-0.2, -0.15) is 0 Å². The van der Waals surface area contributed by atoms with Gasteiger partial charge in [0.2, 0.25) is 0 Å². The van der Waals surface area contributed by atoms with Gasteiger partial charge < -0.3 is 4.57 Å². The van der Waals surface area contributed by atoms with E-state index in [0.717, 1.165) is 12.1 Å². The summed E-state index contributed by atoms with van der Waals surface area (Å²) >= 11 is 7.42. The van der Waals surface area contributed by atoms with Crippen LogP contribution >= 0.6 is 23.4 Å². The summed E-state index contributed by atoms with van der Waals surface area (Å²) in [7, 11) is 1.87. The first-order chi connectivity index (χ1) is 8.13. The fourth-order valence-electron chi connectivity index (χ4n) is 1.29. The van der Waals surface area contributed by atoms with Crippen molar-refractivity contribution in [2.75, 3.05) is 0 Å². The molecule has 0 aliphatic rings. The van der Waals surface area contributed by atoms with Crippen molar-refractivity contribution in [1.29, 1.82) is 0 Å². The van der Waals surface area contributed by atoms with E-state index < -0.39 is 0 Å². The van der Waals surface area contributed by atoms with Gasteiger partial charge in [0, 0.05) is 17.5 Å². The molecule has 0 unspecified atom stereocenters. The van der Waals surface area contributed by atoms with E-state index >= 15 is 0 Å². The van der Waals surface area contributed by atoms with Crippen LogP contribution in [0, 0.1) is 6.92 Å². The van der Waals surface area contributed by atoms with Gasteiger partial charge in [-0.1, -0.05) is 23.7 Å². The van der Waals surface area contributed by atoms with E-state index in [1.807, 2.05) is 18.5 Å². The van der Waals surface area contributed by atoms with E-state index in [2.05, 4.69) is 10.2 Å². The number of aromatic nitrogens is 3. The third kappa shape index (κ3) is 2.35. The number of carbonyl (C=O) groups excluding carboxylic acids is 1. The molecule has 1 heterocycles. The number of aryl methyl sites for hydroxylation is 1. The molecule has 6 heteroatoms. The number of benzene rings is 1. The van der Waals surface area contributed by atoms with Crippen LogP contribution in [0.15, 0.2) is 28.3 Å². The summed E-state index contributed by atoms with van der Waals surface area (Å²) < 4.78 is 1.85. The van der Waals surface area contributed by atoms with Crippen molar-refractivity contribution < 1.29 is 4.79 Å². The number of aldehydes is 1. The highest BCUT2D eigenvalue weighted by atomic mass is 35.5. The Balaban J connectivity index is 2.42. The molecule has 2 rings (SSSR count). The van der Waals surface area contributed by atoms with Crippen LogP contribution in [0.3, 0.4) is 0 Å². The summed E-state index contributed by atoms with van der Waals surface area (Å²) in [5.74, 6) is 0.812. The smallest absolute Gasteiger partial charge is 0.195 e. The normalized spacial score (nSPS) is 10.5. The first-order valence-electron chi connectivity index (χ1n) is 4.91. The lowest BCUT2D eigenvalue weighted by Gasteiger charge is -2.06. The third-order valence-electron chi connectivity index (χ3n) is 2.37. The van der Waals surface area contributed by atoms with Crippen LogP contribution in [0.1, 0.15) is 16.2 Å². The number of rotatable bonds is 3. The minimum absolute atomic E-state index is 0.542. The fourth-order valence-corrected chi connectivity index (χ4v) is 2.52. The Hall–Kier alpha value is -1.33. The number of carbonyl (C=O) groups is 1. The van der Waals surface area contributed by atoms with Crippen molar-refractivity contribution in [3.63, 3.8) is 0 Å². The van der Waals surface area contributed by atoms with Crippen LogP contribution in [0.5, 0.6) is 0 Å². The van der Waals surface area contributed by atoms with E-state index in [0.29, 0.717) is 20.6 Å². The molecule has 4 nitrogen and oxygen atoms in total. The van der Waals surface area contributed by atoms with Gasteiger partial charge in [-0.3, -0.25) is 4.79 Å². The monoisotopic (exact) mass is 267 g/mol. The topological polar surface area (TPSA) is 47.8 Å². The average molecular weight is 268 g/mol. The maximum absolute atomic E-state index is 10.9. The predicted octanol–water partition coefficient (Wildman–Crippen LogP) is 2.74. The molecular formula is C11H10ClN3OS. The molecule has 0 saturated heterocycles. The molecule has 1 aromatic carbocycles. The number of halogens is 1. The summed E-state index contributed by atoms with van der Waals surface area (Å²) in [6.45, 7) is 1.87. The Bertz CT molecular complexity index is 568. The highest BCUT2D eigenvalue weighted by molar-refractivity contribution is 7.99. The molecule has 2 aromatic rings. The van der Waals surface area contributed by atoms with Crippen LogP contribution < -0.4 is 0 Å². The maximum Gasteiger partial charge on any atom is 0.195 e. The Kier molecular flexibility index (Phi) is 3.49. The second-order valence-corrected chi connectivity index (χ2v) is 4.85. The highest BCUT2D eigenvalue weighted by Crippen LogP contribution is 2.34. The molecule has 0 fully saturated rings. The van der Waals surface area contributed by atoms with Gasteiger partial charge in [0.15, 0.2) is 11.4 Å². The molecule has 0 aliphatic heterocycles. The quantitative estimate of drug-likeness (QED) is 0.803. The van der Waals surface area contributed by atoms with Crippen molar-refractivity contribution in [1.82, 2.24) is 14.8 Å². The lowest BCUT2D eigenvalue weighted by atomic mass is 10.2. The van der Waals surface area contributed by atoms with Crippen molar-refractivity contribution in [2.45, 2.75) is 17.0 Å². The average Bonchev–Trinajstić information content (AvgIpc) is 2.63. The van der Waals surface area contributed by atoms with Crippen LogP contribution in [0.2, 0.25) is 5.02 Å². The van der Waals surface area contributed by atoms with Crippen molar-refractivity contribution >= 4 is 29.6 Å². The van der Waals surface area contributed by atoms with Gasteiger partial charge in [0.05, 0.1) is 5.02 Å². The SMILES string of the molecule is Cc1nnc(Sc2c(Cl)cccc2C=O)n1C. The zero-order valence-corrected chi connectivity index (χ0v) is 10.9. The molecule has 1 aromatic heterocycles. The molecule has 0 amide bonds. The van der Waals surface area contributed by atoms with E-state index in [1.165, 1.54) is 11.8 Å². The van der Waals surface area contributed by atoms with Gasteiger partial charge in [0.25, 0.3) is 0 Å². The summed E-state index contributed by atoms with van der Waals surface area (Å²) in [6, 6.07) is 5.22. The molecule has 0 atom stereocenters. The van der Waals surface area contributed by atoms with Crippen LogP contribution in [-0.4, -0.2) is 21.1 Å². The zero-order chi connectivity index (χ0) is 12.4. The van der Waals surface area contributed by atoms with Crippen LogP contribution in [0.4, 0.5) is 0 Å². The molecule has 0 spiro atoms. The highest BCUT2D eigenvalue weighted by Gasteiger charge is 2.12. The minimum atomic E-state index is 0.542. The van der Waals surface area contributed by atoms with Gasteiger partial charge >= 0.3 is 0 Å². The summed E-state index contributed by atoms with van der Waals surface area (Å²) in [5.41, 5.74) is 0.558. The first-order valence-corrected chi connectivity index (χ1v) is 6.10. The Morgan fingerprint density at radius 2 is 2.18 bits per heavy atom. The standard InChI is InChI=1S/C11H10ClN3OS/c1-7-13-14-11(15(7)2)17-10-8(6-16)4-3-5-9(10)12/h3-6H,1-2H3.